The topological polar surface area (TPSA) is 115 Å². The fourth-order valence-corrected chi connectivity index (χ4v) is 3.37. The molecule has 0 saturated carbocycles. The molecule has 0 spiro atoms. The van der Waals surface area contributed by atoms with Gasteiger partial charge in [-0.25, -0.2) is 4.39 Å². The van der Waals surface area contributed by atoms with E-state index in [4.69, 9.17) is 5.41 Å². The number of rotatable bonds is 7. The molecule has 34 heavy (non-hydrogen) atoms. The van der Waals surface area contributed by atoms with E-state index in [1.54, 1.807) is 37.6 Å². The first-order valence-electron chi connectivity index (χ1n) is 10.5. The maximum atomic E-state index is 14.2. The van der Waals surface area contributed by atoms with Crippen LogP contribution in [0.15, 0.2) is 55.0 Å². The molecule has 0 aliphatic rings. The number of amides is 1. The Labute approximate surface area is 197 Å². The van der Waals surface area contributed by atoms with Crippen LogP contribution in [0.1, 0.15) is 46.7 Å². The molecule has 0 saturated heterocycles. The van der Waals surface area contributed by atoms with Crippen molar-refractivity contribution in [2.45, 2.75) is 26.4 Å². The van der Waals surface area contributed by atoms with E-state index in [0.717, 1.165) is 17.3 Å². The number of benzene rings is 1. The number of allylic oxidation sites excluding steroid dienone is 1. The molecule has 2 heterocycles. The molecule has 3 N–H and O–H groups in total. The van der Waals surface area contributed by atoms with E-state index in [1.807, 2.05) is 13.0 Å². The summed E-state index contributed by atoms with van der Waals surface area (Å²) in [6.07, 6.45) is 5.78. The van der Waals surface area contributed by atoms with Crippen LogP contribution in [0, 0.1) is 23.7 Å². The first kappa shape index (κ1) is 24.3. The van der Waals surface area contributed by atoms with E-state index in [0.29, 0.717) is 33.6 Å². The summed E-state index contributed by atoms with van der Waals surface area (Å²) in [4.78, 5) is 21.2. The molecule has 1 aromatic carbocycles. The van der Waals surface area contributed by atoms with Crippen LogP contribution in [0.25, 0.3) is 16.7 Å². The number of pyridine rings is 2. The van der Waals surface area contributed by atoms with Crippen LogP contribution >= 0.6 is 0 Å². The number of hydrogen-bond acceptors (Lipinski definition) is 6. The first-order chi connectivity index (χ1) is 16.2. The lowest BCUT2D eigenvalue weighted by Gasteiger charge is -2.15. The van der Waals surface area contributed by atoms with Gasteiger partial charge in [-0.2, -0.15) is 5.26 Å². The van der Waals surface area contributed by atoms with Crippen LogP contribution in [0.2, 0.25) is 0 Å². The Morgan fingerprint density at radius 1 is 1.21 bits per heavy atom. The summed E-state index contributed by atoms with van der Waals surface area (Å²) < 4.78 is 14.2. The molecule has 3 aromatic rings. The molecule has 8 heteroatoms. The Morgan fingerprint density at radius 2 is 1.97 bits per heavy atom. The third kappa shape index (κ3) is 5.33. The Hall–Kier alpha value is -4.38. The average Bonchev–Trinajstić information content (AvgIpc) is 2.83. The summed E-state index contributed by atoms with van der Waals surface area (Å²) in [5, 5.41) is 22.9. The van der Waals surface area contributed by atoms with Crippen LogP contribution in [0.3, 0.4) is 0 Å². The minimum Gasteiger partial charge on any atom is -0.393 e. The molecule has 0 radical (unpaired) electrons. The first-order valence-corrected chi connectivity index (χ1v) is 10.5. The highest BCUT2D eigenvalue weighted by molar-refractivity contribution is 6.08. The maximum Gasteiger partial charge on any atom is 0.255 e. The van der Waals surface area contributed by atoms with Gasteiger partial charge in [0.25, 0.3) is 5.91 Å². The lowest BCUT2D eigenvalue weighted by molar-refractivity contribution is 0.102. The number of aryl methyl sites for hydroxylation is 1. The molecule has 0 aliphatic carbocycles. The second-order valence-corrected chi connectivity index (χ2v) is 8.15. The zero-order valence-electron chi connectivity index (χ0n) is 19.4. The van der Waals surface area contributed by atoms with E-state index in [2.05, 4.69) is 26.7 Å². The minimum absolute atomic E-state index is 0.177. The quantitative estimate of drug-likeness (QED) is 0.433. The van der Waals surface area contributed by atoms with Gasteiger partial charge in [-0.3, -0.25) is 14.8 Å². The minimum atomic E-state index is -1.66. The number of aromatic nitrogens is 2. The highest BCUT2D eigenvalue weighted by Crippen LogP contribution is 2.29. The van der Waals surface area contributed by atoms with Crippen molar-refractivity contribution in [2.75, 3.05) is 12.4 Å². The molecule has 0 bridgehead atoms. The van der Waals surface area contributed by atoms with Crippen molar-refractivity contribution < 1.29 is 9.18 Å². The number of anilines is 1. The molecule has 0 fully saturated rings. The van der Waals surface area contributed by atoms with Gasteiger partial charge in [0.2, 0.25) is 0 Å². The van der Waals surface area contributed by atoms with Crippen LogP contribution in [0.4, 0.5) is 10.1 Å². The zero-order valence-corrected chi connectivity index (χ0v) is 19.4. The number of nitrogens with zero attached hydrogens (tertiary/aromatic N) is 3. The van der Waals surface area contributed by atoms with E-state index in [1.165, 1.54) is 32.2 Å². The number of alkyl halides is 1. The van der Waals surface area contributed by atoms with Crippen LogP contribution in [-0.4, -0.2) is 29.1 Å². The molecule has 172 valence electrons. The average molecular weight is 457 g/mol. The second-order valence-electron chi connectivity index (χ2n) is 8.15. The Kier molecular flexibility index (Phi) is 7.17. The van der Waals surface area contributed by atoms with Gasteiger partial charge in [-0.15, -0.1) is 0 Å². The molecular formula is C26H25FN6O. The van der Waals surface area contributed by atoms with Gasteiger partial charge in [0.05, 0.1) is 17.0 Å². The largest absolute Gasteiger partial charge is 0.393 e. The summed E-state index contributed by atoms with van der Waals surface area (Å²) in [5.41, 5.74) is 3.00. The van der Waals surface area contributed by atoms with Crippen molar-refractivity contribution in [3.8, 4) is 17.2 Å². The van der Waals surface area contributed by atoms with Gasteiger partial charge in [-0.05, 0) is 62.2 Å². The molecule has 3 rings (SSSR count). The van der Waals surface area contributed by atoms with Gasteiger partial charge in [0.15, 0.2) is 0 Å². The number of nitriles is 1. The maximum absolute atomic E-state index is 14.2. The number of carbonyl (C=O) groups excluding carboxylic acids is 1. The zero-order chi connectivity index (χ0) is 24.9. The van der Waals surface area contributed by atoms with E-state index < -0.39 is 5.67 Å². The summed E-state index contributed by atoms with van der Waals surface area (Å²) in [6, 6.07) is 12.2. The van der Waals surface area contributed by atoms with Gasteiger partial charge < -0.3 is 16.0 Å². The highest BCUT2D eigenvalue weighted by atomic mass is 19.1. The SMILES string of the molecule is CN/C=C(\C=N)c1ncc(-c2cc(NC(=O)c3ccnc(C(C)(C)F)c3)ccc2C)cc1C#N. The lowest BCUT2D eigenvalue weighted by atomic mass is 9.98. The van der Waals surface area contributed by atoms with Crippen molar-refractivity contribution in [2.24, 2.45) is 0 Å². The number of halogens is 1. The molecule has 0 atom stereocenters. The summed E-state index contributed by atoms with van der Waals surface area (Å²) in [6.45, 7) is 4.69. The molecular weight excluding hydrogens is 431 g/mol. The van der Waals surface area contributed by atoms with Gasteiger partial charge in [-0.1, -0.05) is 6.07 Å². The molecule has 2 aromatic heterocycles. The van der Waals surface area contributed by atoms with Crippen molar-refractivity contribution in [1.82, 2.24) is 15.3 Å². The Bertz CT molecular complexity index is 1320. The van der Waals surface area contributed by atoms with Crippen molar-refractivity contribution in [3.05, 3.63) is 83.1 Å². The van der Waals surface area contributed by atoms with Crippen molar-refractivity contribution in [1.29, 1.82) is 10.7 Å². The van der Waals surface area contributed by atoms with E-state index in [-0.39, 0.29) is 11.6 Å². The van der Waals surface area contributed by atoms with Crippen LogP contribution < -0.4 is 10.6 Å². The number of hydrogen-bond donors (Lipinski definition) is 3. The van der Waals surface area contributed by atoms with E-state index in [9.17, 15) is 14.4 Å². The summed E-state index contributed by atoms with van der Waals surface area (Å²) >= 11 is 0. The molecule has 0 unspecified atom stereocenters. The van der Waals surface area contributed by atoms with Crippen molar-refractivity contribution >= 4 is 23.4 Å². The summed E-state index contributed by atoms with van der Waals surface area (Å²) in [7, 11) is 1.71. The van der Waals surface area contributed by atoms with Gasteiger partial charge >= 0.3 is 0 Å². The molecule has 1 amide bonds. The second kappa shape index (κ2) is 10.0. The number of carbonyl (C=O) groups is 1. The predicted octanol–water partition coefficient (Wildman–Crippen LogP) is 4.99. The fourth-order valence-electron chi connectivity index (χ4n) is 3.37. The van der Waals surface area contributed by atoms with Crippen LogP contribution in [-0.2, 0) is 5.67 Å². The normalized spacial score (nSPS) is 11.5. The van der Waals surface area contributed by atoms with Gasteiger partial charge in [0.1, 0.15) is 11.7 Å². The third-order valence-corrected chi connectivity index (χ3v) is 5.17. The van der Waals surface area contributed by atoms with E-state index >= 15 is 0 Å². The standard InChI is InChI=1S/C26H25FN6O/c1-16-5-6-21(33-25(34)17-7-8-31-23(10-17)26(2,3)27)11-22(16)19-9-18(12-28)24(32-15-19)20(13-29)14-30-4/h5-11,13-15,29-30H,1-4H3,(H,33,34)/b20-14+,29-13?. The highest BCUT2D eigenvalue weighted by Gasteiger charge is 2.22. The third-order valence-electron chi connectivity index (χ3n) is 5.17. The molecule has 7 nitrogen and oxygen atoms in total. The summed E-state index contributed by atoms with van der Waals surface area (Å²) in [5.74, 6) is -0.387. The molecule has 0 aliphatic heterocycles. The number of nitrogens with one attached hydrogen (secondary N) is 3. The Morgan fingerprint density at radius 3 is 2.62 bits per heavy atom. The Balaban J connectivity index is 1.94. The smallest absolute Gasteiger partial charge is 0.255 e. The monoisotopic (exact) mass is 456 g/mol. The van der Waals surface area contributed by atoms with Crippen molar-refractivity contribution in [3.63, 3.8) is 0 Å². The fraction of sp³-hybridized carbons (Fsp3) is 0.192. The lowest BCUT2D eigenvalue weighted by Crippen LogP contribution is -2.16. The predicted molar refractivity (Wildman–Crippen MR) is 131 cm³/mol. The van der Waals surface area contributed by atoms with Gasteiger partial charge in [0, 0.05) is 54.2 Å². The van der Waals surface area contributed by atoms with Crippen LogP contribution in [0.5, 0.6) is 0 Å².